The van der Waals surface area contributed by atoms with Crippen molar-refractivity contribution in [3.8, 4) is 6.07 Å². The van der Waals surface area contributed by atoms with Crippen LogP contribution < -0.4 is 0 Å². The predicted octanol–water partition coefficient (Wildman–Crippen LogP) is 2.37. The minimum absolute atomic E-state index is 0.250. The molecule has 1 aliphatic heterocycles. The van der Waals surface area contributed by atoms with Gasteiger partial charge in [0.15, 0.2) is 0 Å². The van der Waals surface area contributed by atoms with E-state index in [2.05, 4.69) is 16.0 Å². The van der Waals surface area contributed by atoms with Gasteiger partial charge in [0.05, 0.1) is 6.10 Å². The molecule has 126 valence electrons. The number of methoxy groups -OCH3 is 1. The van der Waals surface area contributed by atoms with E-state index in [1.807, 2.05) is 19.4 Å². The summed E-state index contributed by atoms with van der Waals surface area (Å²) < 4.78 is 5.75. The fraction of sp³-hybridized carbons (Fsp3) is 0.647. The Morgan fingerprint density at radius 1 is 1.57 bits per heavy atom. The molecule has 2 aliphatic rings. The smallest absolute Gasteiger partial charge is 0.290 e. The van der Waals surface area contributed by atoms with Crippen LogP contribution in [-0.4, -0.2) is 47.8 Å². The number of ether oxygens (including phenoxy) is 1. The van der Waals surface area contributed by atoms with Gasteiger partial charge in [-0.05, 0) is 43.9 Å². The van der Waals surface area contributed by atoms with Gasteiger partial charge in [0.1, 0.15) is 11.8 Å². The minimum atomic E-state index is -0.250. The highest BCUT2D eigenvalue weighted by atomic mass is 16.5. The van der Waals surface area contributed by atoms with Gasteiger partial charge in [-0.3, -0.25) is 9.69 Å². The van der Waals surface area contributed by atoms with Crippen LogP contribution in [0.1, 0.15) is 43.4 Å². The van der Waals surface area contributed by atoms with Crippen molar-refractivity contribution in [2.75, 3.05) is 20.2 Å². The standard InChI is InChI=1S/C16H23N3O.CH2O2/c1-20-15-4-2-5-16(15)6-3-7-19(12-16)11-13-8-14(9-17)18-10-13;2-1-3/h8,10,15,18H,2-7,11-12H2,1H3;1H,(H,2,3)/t15-,16+;/m1./s1. The van der Waals surface area contributed by atoms with E-state index in [-0.39, 0.29) is 6.47 Å². The molecular formula is C17H25N3O3. The monoisotopic (exact) mass is 319 g/mol. The van der Waals surface area contributed by atoms with Crippen molar-refractivity contribution in [3.05, 3.63) is 23.5 Å². The summed E-state index contributed by atoms with van der Waals surface area (Å²) in [6, 6.07) is 4.12. The molecular weight excluding hydrogens is 294 g/mol. The number of hydrogen-bond donors (Lipinski definition) is 2. The van der Waals surface area contributed by atoms with Crippen LogP contribution in [0, 0.1) is 16.7 Å². The Hall–Kier alpha value is -1.84. The van der Waals surface area contributed by atoms with Gasteiger partial charge in [-0.2, -0.15) is 5.26 Å². The number of carboxylic acid groups (broad SMARTS) is 1. The SMILES string of the molecule is CO[C@@H]1CCC[C@@]12CCCN(Cc1c[nH]c(C#N)c1)C2.O=CO. The Labute approximate surface area is 137 Å². The highest BCUT2D eigenvalue weighted by Crippen LogP contribution is 2.46. The molecule has 1 spiro atoms. The number of carbonyl (C=O) groups is 1. The van der Waals surface area contributed by atoms with Crippen molar-refractivity contribution in [1.82, 2.24) is 9.88 Å². The average Bonchev–Trinajstić information content (AvgIpc) is 3.15. The van der Waals surface area contributed by atoms with Gasteiger partial charge in [0, 0.05) is 31.8 Å². The highest BCUT2D eigenvalue weighted by molar-refractivity contribution is 5.32. The topological polar surface area (TPSA) is 89.4 Å². The first-order valence-corrected chi connectivity index (χ1v) is 8.08. The molecule has 3 rings (SSSR count). The lowest BCUT2D eigenvalue weighted by Crippen LogP contribution is -2.47. The molecule has 0 amide bonds. The third-order valence-corrected chi connectivity index (χ3v) is 5.07. The second-order valence-electron chi connectivity index (χ2n) is 6.43. The Morgan fingerprint density at radius 2 is 2.30 bits per heavy atom. The number of likely N-dealkylation sites (tertiary alicyclic amines) is 1. The first-order valence-electron chi connectivity index (χ1n) is 8.08. The predicted molar refractivity (Wildman–Crippen MR) is 85.8 cm³/mol. The lowest BCUT2D eigenvalue weighted by atomic mass is 9.76. The Morgan fingerprint density at radius 3 is 2.96 bits per heavy atom. The summed E-state index contributed by atoms with van der Waals surface area (Å²) in [5.41, 5.74) is 2.24. The summed E-state index contributed by atoms with van der Waals surface area (Å²) in [5, 5.41) is 15.8. The fourth-order valence-electron chi connectivity index (χ4n) is 4.19. The van der Waals surface area contributed by atoms with Crippen LogP contribution in [0.3, 0.4) is 0 Å². The molecule has 2 fully saturated rings. The number of hydrogen-bond acceptors (Lipinski definition) is 4. The van der Waals surface area contributed by atoms with Crippen LogP contribution in [-0.2, 0) is 16.1 Å². The summed E-state index contributed by atoms with van der Waals surface area (Å²) in [5.74, 6) is 0. The van der Waals surface area contributed by atoms with E-state index in [9.17, 15) is 0 Å². The Kier molecular flexibility index (Phi) is 6.20. The number of nitriles is 1. The van der Waals surface area contributed by atoms with Gasteiger partial charge in [-0.1, -0.05) is 6.42 Å². The van der Waals surface area contributed by atoms with E-state index in [4.69, 9.17) is 19.9 Å². The molecule has 1 saturated heterocycles. The average molecular weight is 319 g/mol. The molecule has 2 atom stereocenters. The van der Waals surface area contributed by atoms with E-state index in [0.29, 0.717) is 17.2 Å². The summed E-state index contributed by atoms with van der Waals surface area (Å²) in [6.07, 6.45) is 8.78. The van der Waals surface area contributed by atoms with Crippen LogP contribution in [0.4, 0.5) is 0 Å². The molecule has 0 bridgehead atoms. The van der Waals surface area contributed by atoms with Crippen molar-refractivity contribution in [2.45, 2.75) is 44.8 Å². The maximum atomic E-state index is 8.88. The van der Waals surface area contributed by atoms with Crippen LogP contribution in [0.25, 0.3) is 0 Å². The summed E-state index contributed by atoms with van der Waals surface area (Å²) >= 11 is 0. The van der Waals surface area contributed by atoms with Crippen molar-refractivity contribution in [1.29, 1.82) is 5.26 Å². The van der Waals surface area contributed by atoms with Gasteiger partial charge in [0.2, 0.25) is 0 Å². The third kappa shape index (κ3) is 4.12. The summed E-state index contributed by atoms with van der Waals surface area (Å²) in [6.45, 7) is 2.99. The van der Waals surface area contributed by atoms with Crippen LogP contribution in [0.2, 0.25) is 0 Å². The normalized spacial score (nSPS) is 27.2. The zero-order chi connectivity index (χ0) is 16.7. The van der Waals surface area contributed by atoms with Crippen LogP contribution >= 0.6 is 0 Å². The van der Waals surface area contributed by atoms with Gasteiger partial charge in [0.25, 0.3) is 6.47 Å². The molecule has 1 aromatic rings. The quantitative estimate of drug-likeness (QED) is 0.835. The number of nitrogens with zero attached hydrogens (tertiary/aromatic N) is 2. The third-order valence-electron chi connectivity index (χ3n) is 5.07. The van der Waals surface area contributed by atoms with Crippen LogP contribution in [0.15, 0.2) is 12.3 Å². The number of aromatic nitrogens is 1. The molecule has 6 heteroatoms. The van der Waals surface area contributed by atoms with E-state index in [1.54, 1.807) is 0 Å². The van der Waals surface area contributed by atoms with Crippen molar-refractivity contribution in [3.63, 3.8) is 0 Å². The van der Waals surface area contributed by atoms with E-state index in [1.165, 1.54) is 37.7 Å². The number of piperidine rings is 1. The van der Waals surface area contributed by atoms with Crippen molar-refractivity contribution >= 4 is 6.47 Å². The van der Waals surface area contributed by atoms with E-state index < -0.39 is 0 Å². The molecule has 0 aromatic carbocycles. The second kappa shape index (κ2) is 8.14. The molecule has 1 saturated carbocycles. The molecule has 0 unspecified atom stereocenters. The van der Waals surface area contributed by atoms with E-state index in [0.717, 1.165) is 19.6 Å². The zero-order valence-corrected chi connectivity index (χ0v) is 13.6. The Balaban J connectivity index is 0.000000595. The summed E-state index contributed by atoms with van der Waals surface area (Å²) in [7, 11) is 1.86. The molecule has 23 heavy (non-hydrogen) atoms. The number of rotatable bonds is 3. The molecule has 2 N–H and O–H groups in total. The largest absolute Gasteiger partial charge is 0.483 e. The minimum Gasteiger partial charge on any atom is -0.483 e. The van der Waals surface area contributed by atoms with Gasteiger partial charge in [-0.15, -0.1) is 0 Å². The van der Waals surface area contributed by atoms with Crippen LogP contribution in [0.5, 0.6) is 0 Å². The molecule has 1 aliphatic carbocycles. The second-order valence-corrected chi connectivity index (χ2v) is 6.43. The lowest BCUT2D eigenvalue weighted by molar-refractivity contribution is -0.122. The lowest BCUT2D eigenvalue weighted by Gasteiger charge is -2.43. The first-order chi connectivity index (χ1) is 11.2. The number of aromatic amines is 1. The maximum absolute atomic E-state index is 8.88. The highest BCUT2D eigenvalue weighted by Gasteiger charge is 2.45. The molecule has 1 aromatic heterocycles. The first kappa shape index (κ1) is 17.5. The summed E-state index contributed by atoms with van der Waals surface area (Å²) in [4.78, 5) is 13.9. The van der Waals surface area contributed by atoms with Crippen molar-refractivity contribution in [2.24, 2.45) is 5.41 Å². The van der Waals surface area contributed by atoms with Gasteiger partial charge < -0.3 is 14.8 Å². The number of nitrogens with one attached hydrogen (secondary N) is 1. The van der Waals surface area contributed by atoms with Gasteiger partial charge >= 0.3 is 0 Å². The zero-order valence-electron chi connectivity index (χ0n) is 13.6. The Bertz CT molecular complexity index is 552. The fourth-order valence-corrected chi connectivity index (χ4v) is 4.19. The van der Waals surface area contributed by atoms with Crippen molar-refractivity contribution < 1.29 is 14.6 Å². The van der Waals surface area contributed by atoms with Gasteiger partial charge in [-0.25, -0.2) is 0 Å². The maximum Gasteiger partial charge on any atom is 0.290 e. The van der Waals surface area contributed by atoms with E-state index >= 15 is 0 Å². The molecule has 6 nitrogen and oxygen atoms in total. The molecule has 2 heterocycles. The molecule has 0 radical (unpaired) electrons. The number of H-pyrrole nitrogens is 1.